The van der Waals surface area contributed by atoms with Crippen LogP contribution >= 0.6 is 11.6 Å². The lowest BCUT2D eigenvalue weighted by atomic mass is 10.1. The van der Waals surface area contributed by atoms with Crippen molar-refractivity contribution in [1.82, 2.24) is 0 Å². The van der Waals surface area contributed by atoms with Crippen molar-refractivity contribution in [2.75, 3.05) is 5.32 Å². The van der Waals surface area contributed by atoms with Crippen LogP contribution in [0, 0.1) is 0 Å². The molecule has 0 saturated carbocycles. The Bertz CT molecular complexity index is 1040. The van der Waals surface area contributed by atoms with Crippen molar-refractivity contribution < 1.29 is 4.74 Å². The molecule has 0 aromatic heterocycles. The third-order valence-electron chi connectivity index (χ3n) is 4.51. The maximum absolute atomic E-state index is 6.06. The zero-order chi connectivity index (χ0) is 18.5. The van der Waals surface area contributed by atoms with E-state index < -0.39 is 0 Å². The smallest absolute Gasteiger partial charge is 0.120 e. The van der Waals surface area contributed by atoms with Gasteiger partial charge in [0, 0.05) is 17.3 Å². The van der Waals surface area contributed by atoms with E-state index in [0.29, 0.717) is 6.61 Å². The Kier molecular flexibility index (Phi) is 5.27. The normalized spacial score (nSPS) is 10.7. The van der Waals surface area contributed by atoms with E-state index in [2.05, 4.69) is 59.9 Å². The van der Waals surface area contributed by atoms with Crippen LogP contribution in [-0.4, -0.2) is 0 Å². The van der Waals surface area contributed by atoms with E-state index in [-0.39, 0.29) is 0 Å². The minimum atomic E-state index is 0.551. The van der Waals surface area contributed by atoms with Crippen LogP contribution in [0.15, 0.2) is 91.0 Å². The Morgan fingerprint density at radius 2 is 1.56 bits per heavy atom. The molecule has 0 spiro atoms. The standard InChI is InChI=1S/C24H20ClNO/c25-21-11-13-22(14-12-21)26-16-18-5-3-9-23(15-18)27-17-20-8-4-7-19-6-1-2-10-24(19)20/h1-15,26H,16-17H2. The molecule has 0 fully saturated rings. The van der Waals surface area contributed by atoms with Gasteiger partial charge >= 0.3 is 0 Å². The lowest BCUT2D eigenvalue weighted by Gasteiger charge is -2.11. The Labute approximate surface area is 164 Å². The predicted molar refractivity (Wildman–Crippen MR) is 114 cm³/mol. The van der Waals surface area contributed by atoms with E-state index in [9.17, 15) is 0 Å². The van der Waals surface area contributed by atoms with E-state index in [1.54, 1.807) is 0 Å². The van der Waals surface area contributed by atoms with Crippen LogP contribution in [0.5, 0.6) is 5.75 Å². The highest BCUT2D eigenvalue weighted by Gasteiger charge is 2.03. The van der Waals surface area contributed by atoms with E-state index >= 15 is 0 Å². The zero-order valence-corrected chi connectivity index (χ0v) is 15.6. The van der Waals surface area contributed by atoms with Gasteiger partial charge in [-0.05, 0) is 58.3 Å². The Morgan fingerprint density at radius 3 is 2.44 bits per heavy atom. The highest BCUT2D eigenvalue weighted by Crippen LogP contribution is 2.22. The predicted octanol–water partition coefficient (Wildman–Crippen LogP) is 6.68. The first-order chi connectivity index (χ1) is 13.3. The molecule has 3 heteroatoms. The molecule has 1 N–H and O–H groups in total. The topological polar surface area (TPSA) is 21.3 Å². The van der Waals surface area contributed by atoms with Gasteiger partial charge in [0.15, 0.2) is 0 Å². The van der Waals surface area contributed by atoms with Crippen molar-refractivity contribution >= 4 is 28.1 Å². The lowest BCUT2D eigenvalue weighted by molar-refractivity contribution is 0.307. The second kappa shape index (κ2) is 8.15. The number of fused-ring (bicyclic) bond motifs is 1. The molecule has 0 aliphatic heterocycles. The molecule has 0 atom stereocenters. The zero-order valence-electron chi connectivity index (χ0n) is 14.9. The number of nitrogens with one attached hydrogen (secondary N) is 1. The van der Waals surface area contributed by atoms with Crippen molar-refractivity contribution in [1.29, 1.82) is 0 Å². The summed E-state index contributed by atoms with van der Waals surface area (Å²) in [6, 6.07) is 30.6. The van der Waals surface area contributed by atoms with Gasteiger partial charge in [-0.2, -0.15) is 0 Å². The van der Waals surface area contributed by atoms with Gasteiger partial charge in [-0.25, -0.2) is 0 Å². The molecule has 0 heterocycles. The first-order valence-corrected chi connectivity index (χ1v) is 9.33. The molecule has 4 aromatic carbocycles. The summed E-state index contributed by atoms with van der Waals surface area (Å²) in [4.78, 5) is 0. The monoisotopic (exact) mass is 373 g/mol. The molecule has 2 nitrogen and oxygen atoms in total. The van der Waals surface area contributed by atoms with Crippen molar-refractivity contribution in [3.8, 4) is 5.75 Å². The minimum Gasteiger partial charge on any atom is -0.489 e. The Morgan fingerprint density at radius 1 is 0.778 bits per heavy atom. The highest BCUT2D eigenvalue weighted by molar-refractivity contribution is 6.30. The number of rotatable bonds is 6. The molecular weight excluding hydrogens is 354 g/mol. The molecule has 0 radical (unpaired) electrons. The first kappa shape index (κ1) is 17.4. The molecular formula is C24H20ClNO. The molecule has 0 amide bonds. The number of halogens is 1. The van der Waals surface area contributed by atoms with Crippen LogP contribution in [-0.2, 0) is 13.2 Å². The molecule has 134 valence electrons. The van der Waals surface area contributed by atoms with Crippen LogP contribution in [0.2, 0.25) is 5.02 Å². The average Bonchev–Trinajstić information content (AvgIpc) is 2.72. The summed E-state index contributed by atoms with van der Waals surface area (Å²) in [6.45, 7) is 1.28. The fraction of sp³-hybridized carbons (Fsp3) is 0.0833. The van der Waals surface area contributed by atoms with Crippen LogP contribution in [0.1, 0.15) is 11.1 Å². The molecule has 4 rings (SSSR count). The van der Waals surface area contributed by atoms with E-state index in [4.69, 9.17) is 16.3 Å². The molecule has 0 aliphatic rings. The maximum Gasteiger partial charge on any atom is 0.120 e. The highest BCUT2D eigenvalue weighted by atomic mass is 35.5. The van der Waals surface area contributed by atoms with E-state index in [1.165, 1.54) is 21.9 Å². The van der Waals surface area contributed by atoms with E-state index in [0.717, 1.165) is 23.0 Å². The number of hydrogen-bond acceptors (Lipinski definition) is 2. The third-order valence-corrected chi connectivity index (χ3v) is 4.77. The van der Waals surface area contributed by atoms with Gasteiger partial charge in [0.2, 0.25) is 0 Å². The molecule has 0 saturated heterocycles. The fourth-order valence-corrected chi connectivity index (χ4v) is 3.22. The van der Waals surface area contributed by atoms with Gasteiger partial charge in [0.1, 0.15) is 12.4 Å². The molecule has 4 aromatic rings. The van der Waals surface area contributed by atoms with Gasteiger partial charge in [0.25, 0.3) is 0 Å². The van der Waals surface area contributed by atoms with Crippen LogP contribution in [0.3, 0.4) is 0 Å². The number of benzene rings is 4. The largest absolute Gasteiger partial charge is 0.489 e. The number of hydrogen-bond donors (Lipinski definition) is 1. The summed E-state index contributed by atoms with van der Waals surface area (Å²) >= 11 is 5.93. The lowest BCUT2D eigenvalue weighted by Crippen LogP contribution is -2.00. The third kappa shape index (κ3) is 4.42. The first-order valence-electron chi connectivity index (χ1n) is 8.96. The van der Waals surface area contributed by atoms with Crippen molar-refractivity contribution in [3.05, 3.63) is 107 Å². The quantitative estimate of drug-likeness (QED) is 0.406. The van der Waals surface area contributed by atoms with Crippen molar-refractivity contribution in [3.63, 3.8) is 0 Å². The maximum atomic E-state index is 6.06. The van der Waals surface area contributed by atoms with Gasteiger partial charge in [-0.3, -0.25) is 0 Å². The van der Waals surface area contributed by atoms with Gasteiger partial charge in [-0.1, -0.05) is 66.2 Å². The summed E-state index contributed by atoms with van der Waals surface area (Å²) in [5, 5.41) is 6.61. The summed E-state index contributed by atoms with van der Waals surface area (Å²) in [5.41, 5.74) is 3.40. The van der Waals surface area contributed by atoms with Gasteiger partial charge < -0.3 is 10.1 Å². The van der Waals surface area contributed by atoms with Crippen LogP contribution in [0.4, 0.5) is 5.69 Å². The van der Waals surface area contributed by atoms with Crippen LogP contribution < -0.4 is 10.1 Å². The molecule has 0 unspecified atom stereocenters. The molecule has 0 aliphatic carbocycles. The SMILES string of the molecule is Clc1ccc(NCc2cccc(OCc3cccc4ccccc34)c2)cc1. The summed E-state index contributed by atoms with van der Waals surface area (Å²) in [7, 11) is 0. The molecule has 0 bridgehead atoms. The van der Waals surface area contributed by atoms with E-state index in [1.807, 2.05) is 36.4 Å². The second-order valence-corrected chi connectivity index (χ2v) is 6.87. The summed E-state index contributed by atoms with van der Waals surface area (Å²) in [6.07, 6.45) is 0. The Hall–Kier alpha value is -2.97. The van der Waals surface area contributed by atoms with Crippen LogP contribution in [0.25, 0.3) is 10.8 Å². The summed E-state index contributed by atoms with van der Waals surface area (Å²) in [5.74, 6) is 0.873. The second-order valence-electron chi connectivity index (χ2n) is 6.43. The van der Waals surface area contributed by atoms with Gasteiger partial charge in [-0.15, -0.1) is 0 Å². The fourth-order valence-electron chi connectivity index (χ4n) is 3.10. The van der Waals surface area contributed by atoms with Gasteiger partial charge in [0.05, 0.1) is 0 Å². The van der Waals surface area contributed by atoms with Crippen molar-refractivity contribution in [2.45, 2.75) is 13.2 Å². The average molecular weight is 374 g/mol. The Balaban J connectivity index is 1.42. The summed E-state index contributed by atoms with van der Waals surface area (Å²) < 4.78 is 6.06. The van der Waals surface area contributed by atoms with Crippen molar-refractivity contribution in [2.24, 2.45) is 0 Å². The minimum absolute atomic E-state index is 0.551. The number of ether oxygens (including phenoxy) is 1. The molecule has 27 heavy (non-hydrogen) atoms. The number of anilines is 1.